The molecule has 2 amide bonds. The van der Waals surface area contributed by atoms with E-state index in [9.17, 15) is 9.59 Å². The van der Waals surface area contributed by atoms with Crippen molar-refractivity contribution < 1.29 is 9.59 Å². The van der Waals surface area contributed by atoms with E-state index in [2.05, 4.69) is 15.5 Å². The molecule has 7 heteroatoms. The lowest BCUT2D eigenvalue weighted by Crippen LogP contribution is -2.22. The summed E-state index contributed by atoms with van der Waals surface area (Å²) in [6, 6.07) is 9.46. The number of thiophene rings is 1. The maximum Gasteiger partial charge on any atom is 0.257 e. The zero-order valence-electron chi connectivity index (χ0n) is 13.9. The summed E-state index contributed by atoms with van der Waals surface area (Å²) in [5.74, 6) is -0.186. The summed E-state index contributed by atoms with van der Waals surface area (Å²) in [5.41, 5.74) is 3.74. The molecule has 0 bridgehead atoms. The molecule has 128 valence electrons. The van der Waals surface area contributed by atoms with E-state index >= 15 is 0 Å². The van der Waals surface area contributed by atoms with E-state index in [0.29, 0.717) is 23.4 Å². The summed E-state index contributed by atoms with van der Waals surface area (Å²) >= 11 is 1.49. The molecule has 0 aliphatic rings. The van der Waals surface area contributed by atoms with Crippen molar-refractivity contribution >= 4 is 23.2 Å². The molecule has 0 atom stereocenters. The number of aromatic nitrogens is 2. The van der Waals surface area contributed by atoms with Gasteiger partial charge in [-0.3, -0.25) is 14.7 Å². The fourth-order valence-electron chi connectivity index (χ4n) is 2.38. The van der Waals surface area contributed by atoms with Crippen molar-refractivity contribution in [2.75, 3.05) is 14.1 Å². The van der Waals surface area contributed by atoms with Gasteiger partial charge in [0.05, 0.1) is 17.5 Å². The Bertz CT molecular complexity index is 867. The summed E-state index contributed by atoms with van der Waals surface area (Å²) in [6.07, 6.45) is 1.53. The first kappa shape index (κ1) is 16.9. The summed E-state index contributed by atoms with van der Waals surface area (Å²) in [4.78, 5) is 25.6. The molecule has 0 spiro atoms. The predicted molar refractivity (Wildman–Crippen MR) is 97.5 cm³/mol. The molecule has 0 saturated heterocycles. The lowest BCUT2D eigenvalue weighted by atomic mass is 10.1. The number of hydrogen-bond donors (Lipinski definition) is 2. The molecule has 3 rings (SSSR count). The molecule has 2 aromatic heterocycles. The molecule has 1 aromatic carbocycles. The van der Waals surface area contributed by atoms with Gasteiger partial charge in [-0.15, -0.1) is 0 Å². The van der Waals surface area contributed by atoms with E-state index in [1.807, 2.05) is 35.0 Å². The number of benzene rings is 1. The van der Waals surface area contributed by atoms with Crippen molar-refractivity contribution in [1.82, 2.24) is 20.4 Å². The van der Waals surface area contributed by atoms with Crippen LogP contribution in [-0.4, -0.2) is 41.0 Å². The monoisotopic (exact) mass is 354 g/mol. The van der Waals surface area contributed by atoms with Crippen LogP contribution in [0.3, 0.4) is 0 Å². The second kappa shape index (κ2) is 7.31. The van der Waals surface area contributed by atoms with Gasteiger partial charge >= 0.3 is 0 Å². The average molecular weight is 354 g/mol. The third-order valence-electron chi connectivity index (χ3n) is 3.75. The Hall–Kier alpha value is -2.93. The van der Waals surface area contributed by atoms with Crippen LogP contribution in [0.1, 0.15) is 26.3 Å². The number of nitrogens with zero attached hydrogens (tertiary/aromatic N) is 2. The maximum atomic E-state index is 12.2. The normalized spacial score (nSPS) is 10.5. The molecule has 0 aliphatic heterocycles. The fraction of sp³-hybridized carbons (Fsp3) is 0.167. The summed E-state index contributed by atoms with van der Waals surface area (Å²) < 4.78 is 0. The number of H-pyrrole nitrogens is 1. The Balaban J connectivity index is 1.70. The standard InChI is InChI=1S/C18H18N4O2S/c1-22(2)18(24)15-10-20-21-16(15)13-5-3-12(4-6-13)9-19-17(23)14-7-8-25-11-14/h3-8,10-11H,9H2,1-2H3,(H,19,23)(H,20,21). The highest BCUT2D eigenvalue weighted by molar-refractivity contribution is 7.08. The second-order valence-electron chi connectivity index (χ2n) is 5.75. The minimum absolute atomic E-state index is 0.0854. The summed E-state index contributed by atoms with van der Waals surface area (Å²) in [5, 5.41) is 13.4. The first-order valence-electron chi connectivity index (χ1n) is 7.71. The fourth-order valence-corrected chi connectivity index (χ4v) is 3.01. The first-order chi connectivity index (χ1) is 12.1. The van der Waals surface area contributed by atoms with Gasteiger partial charge in [-0.25, -0.2) is 0 Å². The third kappa shape index (κ3) is 3.77. The number of aromatic amines is 1. The summed E-state index contributed by atoms with van der Waals surface area (Å²) in [7, 11) is 3.41. The number of carbonyl (C=O) groups is 2. The average Bonchev–Trinajstić information content (AvgIpc) is 3.30. The van der Waals surface area contributed by atoms with Gasteiger partial charge in [0, 0.05) is 37.1 Å². The highest BCUT2D eigenvalue weighted by Gasteiger charge is 2.16. The van der Waals surface area contributed by atoms with Crippen molar-refractivity contribution in [3.8, 4) is 11.3 Å². The predicted octanol–water partition coefficient (Wildman–Crippen LogP) is 2.77. The SMILES string of the molecule is CN(C)C(=O)c1cn[nH]c1-c1ccc(CNC(=O)c2ccsc2)cc1. The topological polar surface area (TPSA) is 78.1 Å². The van der Waals surface area contributed by atoms with Gasteiger partial charge in [-0.2, -0.15) is 16.4 Å². The Labute approximate surface area is 149 Å². The van der Waals surface area contributed by atoms with E-state index in [1.54, 1.807) is 20.2 Å². The molecular weight excluding hydrogens is 336 g/mol. The molecule has 25 heavy (non-hydrogen) atoms. The van der Waals surface area contributed by atoms with Gasteiger partial charge in [0.25, 0.3) is 11.8 Å². The first-order valence-corrected chi connectivity index (χ1v) is 8.65. The van der Waals surface area contributed by atoms with Gasteiger partial charge in [0.15, 0.2) is 0 Å². The van der Waals surface area contributed by atoms with Crippen LogP contribution in [0.4, 0.5) is 0 Å². The Morgan fingerprint density at radius 2 is 1.96 bits per heavy atom. The zero-order valence-corrected chi connectivity index (χ0v) is 14.8. The molecule has 0 fully saturated rings. The molecule has 0 unspecified atom stereocenters. The Morgan fingerprint density at radius 3 is 2.60 bits per heavy atom. The number of carbonyl (C=O) groups excluding carboxylic acids is 2. The van der Waals surface area contributed by atoms with Crippen molar-refractivity contribution in [2.45, 2.75) is 6.54 Å². The van der Waals surface area contributed by atoms with Gasteiger partial charge in [0.2, 0.25) is 0 Å². The van der Waals surface area contributed by atoms with E-state index in [-0.39, 0.29) is 11.8 Å². The number of hydrogen-bond acceptors (Lipinski definition) is 4. The minimum Gasteiger partial charge on any atom is -0.348 e. The lowest BCUT2D eigenvalue weighted by molar-refractivity contribution is 0.0828. The quantitative estimate of drug-likeness (QED) is 0.739. The van der Waals surface area contributed by atoms with Gasteiger partial charge in [0.1, 0.15) is 0 Å². The van der Waals surface area contributed by atoms with Crippen LogP contribution >= 0.6 is 11.3 Å². The lowest BCUT2D eigenvalue weighted by Gasteiger charge is -2.10. The molecule has 0 saturated carbocycles. The van der Waals surface area contributed by atoms with Crippen molar-refractivity contribution in [3.05, 3.63) is 64.0 Å². The van der Waals surface area contributed by atoms with Crippen molar-refractivity contribution in [2.24, 2.45) is 0 Å². The van der Waals surface area contributed by atoms with Gasteiger partial charge in [-0.05, 0) is 17.0 Å². The molecule has 6 nitrogen and oxygen atoms in total. The molecular formula is C18H18N4O2S. The number of rotatable bonds is 5. The molecule has 2 N–H and O–H groups in total. The highest BCUT2D eigenvalue weighted by atomic mass is 32.1. The number of nitrogens with one attached hydrogen (secondary N) is 2. The van der Waals surface area contributed by atoms with E-state index in [4.69, 9.17) is 0 Å². The van der Waals surface area contributed by atoms with Crippen LogP contribution in [0.5, 0.6) is 0 Å². The van der Waals surface area contributed by atoms with Crippen LogP contribution in [0.25, 0.3) is 11.3 Å². The van der Waals surface area contributed by atoms with Crippen LogP contribution in [0.15, 0.2) is 47.3 Å². The van der Waals surface area contributed by atoms with Gasteiger partial charge < -0.3 is 10.2 Å². The maximum absolute atomic E-state index is 12.2. The van der Waals surface area contributed by atoms with Crippen LogP contribution in [0.2, 0.25) is 0 Å². The molecule has 0 radical (unpaired) electrons. The van der Waals surface area contributed by atoms with E-state index in [1.165, 1.54) is 22.4 Å². The minimum atomic E-state index is -0.101. The smallest absolute Gasteiger partial charge is 0.257 e. The second-order valence-corrected chi connectivity index (χ2v) is 6.53. The Kier molecular flexibility index (Phi) is 4.95. The van der Waals surface area contributed by atoms with Crippen molar-refractivity contribution in [3.63, 3.8) is 0 Å². The van der Waals surface area contributed by atoms with Crippen LogP contribution in [-0.2, 0) is 6.54 Å². The molecule has 3 aromatic rings. The van der Waals surface area contributed by atoms with Gasteiger partial charge in [-0.1, -0.05) is 24.3 Å². The molecule has 2 heterocycles. The highest BCUT2D eigenvalue weighted by Crippen LogP contribution is 2.22. The summed E-state index contributed by atoms with van der Waals surface area (Å²) in [6.45, 7) is 0.446. The van der Waals surface area contributed by atoms with Crippen LogP contribution < -0.4 is 5.32 Å². The number of amides is 2. The molecule has 0 aliphatic carbocycles. The van der Waals surface area contributed by atoms with Crippen molar-refractivity contribution in [1.29, 1.82) is 0 Å². The largest absolute Gasteiger partial charge is 0.348 e. The zero-order chi connectivity index (χ0) is 17.8. The van der Waals surface area contributed by atoms with Crippen LogP contribution in [0, 0.1) is 0 Å². The third-order valence-corrected chi connectivity index (χ3v) is 4.44. The van der Waals surface area contributed by atoms with E-state index in [0.717, 1.165) is 11.1 Å². The Morgan fingerprint density at radius 1 is 1.20 bits per heavy atom. The van der Waals surface area contributed by atoms with E-state index < -0.39 is 0 Å².